The Morgan fingerprint density at radius 1 is 1.50 bits per heavy atom. The second-order valence-corrected chi connectivity index (χ2v) is 7.47. The van der Waals surface area contributed by atoms with Crippen molar-refractivity contribution >= 4 is 66.7 Å². The Morgan fingerprint density at radius 3 is 2.38 bits per heavy atom. The van der Waals surface area contributed by atoms with Crippen LogP contribution < -0.4 is 0 Å². The fourth-order valence-corrected chi connectivity index (χ4v) is 3.35. The van der Waals surface area contributed by atoms with Crippen molar-refractivity contribution in [2.24, 2.45) is 0 Å². The van der Waals surface area contributed by atoms with Crippen LogP contribution in [0.15, 0.2) is 11.1 Å². The molecule has 0 saturated heterocycles. The van der Waals surface area contributed by atoms with Crippen LogP contribution in [-0.2, 0) is 0 Å². The second-order valence-electron chi connectivity index (χ2n) is 3.85. The number of aliphatic hydroxyl groups is 1. The first-order valence-corrected chi connectivity index (χ1v) is 7.97. The van der Waals surface area contributed by atoms with E-state index in [1.807, 2.05) is 13.8 Å². The molecule has 0 spiro atoms. The highest BCUT2D eigenvalue weighted by Crippen LogP contribution is 2.35. The van der Waals surface area contributed by atoms with E-state index in [1.54, 1.807) is 0 Å². The van der Waals surface area contributed by atoms with E-state index < -0.39 is 10.4 Å². The largest absolute Gasteiger partial charge is 0.391 e. The minimum absolute atomic E-state index is 0.223. The van der Waals surface area contributed by atoms with Crippen molar-refractivity contribution in [1.82, 2.24) is 0 Å². The third kappa shape index (κ3) is 5.03. The van der Waals surface area contributed by atoms with Gasteiger partial charge in [0.2, 0.25) is 0 Å². The molecule has 0 radical (unpaired) electrons. The highest BCUT2D eigenvalue weighted by Gasteiger charge is 2.37. The van der Waals surface area contributed by atoms with Crippen molar-refractivity contribution in [3.8, 4) is 0 Å². The van der Waals surface area contributed by atoms with Crippen LogP contribution in [0.3, 0.4) is 0 Å². The quantitative estimate of drug-likeness (QED) is 0.625. The summed E-state index contributed by atoms with van der Waals surface area (Å²) in [4.78, 5) is 0. The monoisotopic (exact) mass is 414 g/mol. The highest BCUT2D eigenvalue weighted by atomic mass is 79.9. The maximum absolute atomic E-state index is 9.80. The fraction of sp³-hybridized carbons (Fsp3) is 0.800. The zero-order valence-corrected chi connectivity index (χ0v) is 14.5. The van der Waals surface area contributed by atoms with Gasteiger partial charge in [-0.1, -0.05) is 43.5 Å². The van der Waals surface area contributed by atoms with Crippen LogP contribution in [-0.4, -0.2) is 31.6 Å². The predicted octanol–water partition coefficient (Wildman–Crippen LogP) is 4.64. The van der Waals surface area contributed by atoms with Gasteiger partial charge < -0.3 is 5.11 Å². The van der Waals surface area contributed by atoms with E-state index in [-0.39, 0.29) is 10.8 Å². The minimum Gasteiger partial charge on any atom is -0.391 e. The lowest BCUT2D eigenvalue weighted by atomic mass is 9.96. The first-order chi connectivity index (χ1) is 7.27. The van der Waals surface area contributed by atoms with Crippen LogP contribution >= 0.6 is 66.7 Å². The second kappa shape index (κ2) is 7.85. The zero-order chi connectivity index (χ0) is 12.9. The molecule has 0 aromatic heterocycles. The third-order valence-electron chi connectivity index (χ3n) is 2.49. The molecule has 0 aliphatic carbocycles. The van der Waals surface area contributed by atoms with Crippen LogP contribution in [0.5, 0.6) is 0 Å². The SMILES string of the molecule is CC(=CCl)C(Cl)CC(Cl)C(C)(Br)C(O)CBr. The van der Waals surface area contributed by atoms with E-state index in [1.165, 1.54) is 5.54 Å². The molecule has 96 valence electrons. The molecule has 0 aliphatic heterocycles. The van der Waals surface area contributed by atoms with E-state index in [2.05, 4.69) is 31.9 Å². The van der Waals surface area contributed by atoms with Gasteiger partial charge in [-0.15, -0.1) is 23.2 Å². The normalized spacial score (nSPS) is 22.4. The van der Waals surface area contributed by atoms with Gasteiger partial charge in [-0.3, -0.25) is 0 Å². The standard InChI is InChI=1S/C10H15Br2Cl3O/c1-6(5-13)7(14)3-8(15)10(2,12)9(16)4-11/h5,7-9,16H,3-4H2,1-2H3. The number of hydrogen-bond acceptors (Lipinski definition) is 1. The summed E-state index contributed by atoms with van der Waals surface area (Å²) in [5.74, 6) is 0. The van der Waals surface area contributed by atoms with Gasteiger partial charge in [-0.25, -0.2) is 0 Å². The fourth-order valence-electron chi connectivity index (χ4n) is 1.03. The van der Waals surface area contributed by atoms with Crippen LogP contribution in [0.25, 0.3) is 0 Å². The molecule has 0 saturated carbocycles. The van der Waals surface area contributed by atoms with Crippen molar-refractivity contribution in [2.75, 3.05) is 5.33 Å². The van der Waals surface area contributed by atoms with Crippen molar-refractivity contribution in [2.45, 2.75) is 41.5 Å². The number of aliphatic hydroxyl groups excluding tert-OH is 1. The van der Waals surface area contributed by atoms with Crippen molar-refractivity contribution in [3.63, 3.8) is 0 Å². The van der Waals surface area contributed by atoms with Gasteiger partial charge in [0.1, 0.15) is 0 Å². The molecule has 0 aliphatic rings. The Hall–Kier alpha value is 1.53. The van der Waals surface area contributed by atoms with Gasteiger partial charge in [0, 0.05) is 10.9 Å². The lowest BCUT2D eigenvalue weighted by molar-refractivity contribution is 0.158. The maximum atomic E-state index is 9.80. The molecule has 0 heterocycles. The highest BCUT2D eigenvalue weighted by molar-refractivity contribution is 9.10. The van der Waals surface area contributed by atoms with Crippen LogP contribution in [0.2, 0.25) is 0 Å². The molecule has 16 heavy (non-hydrogen) atoms. The molecule has 4 unspecified atom stereocenters. The molecule has 1 N–H and O–H groups in total. The Kier molecular flexibility index (Phi) is 8.61. The Morgan fingerprint density at radius 2 is 2.00 bits per heavy atom. The summed E-state index contributed by atoms with van der Waals surface area (Å²) in [6.07, 6.45) is -0.0524. The van der Waals surface area contributed by atoms with Gasteiger partial charge in [0.25, 0.3) is 0 Å². The molecule has 0 bridgehead atoms. The molecule has 0 aromatic rings. The number of allylic oxidation sites excluding steroid dienone is 1. The molecule has 0 rings (SSSR count). The van der Waals surface area contributed by atoms with E-state index in [9.17, 15) is 5.11 Å². The van der Waals surface area contributed by atoms with Crippen LogP contribution in [0.1, 0.15) is 20.3 Å². The summed E-state index contributed by atoms with van der Waals surface area (Å²) in [5.41, 5.74) is 2.32. The summed E-state index contributed by atoms with van der Waals surface area (Å²) in [7, 11) is 0. The number of alkyl halides is 4. The summed E-state index contributed by atoms with van der Waals surface area (Å²) in [6.45, 7) is 3.70. The van der Waals surface area contributed by atoms with Crippen LogP contribution in [0.4, 0.5) is 0 Å². The summed E-state index contributed by atoms with van der Waals surface area (Å²) in [6, 6.07) is 0. The molecule has 0 amide bonds. The average molecular weight is 417 g/mol. The lowest BCUT2D eigenvalue weighted by Gasteiger charge is -2.33. The third-order valence-corrected chi connectivity index (χ3v) is 5.95. The smallest absolute Gasteiger partial charge is 0.0801 e. The molecule has 4 atom stereocenters. The summed E-state index contributed by atoms with van der Waals surface area (Å²) in [5, 5.41) is 9.74. The van der Waals surface area contributed by atoms with Gasteiger partial charge >= 0.3 is 0 Å². The van der Waals surface area contributed by atoms with Gasteiger partial charge in [-0.05, 0) is 25.8 Å². The maximum Gasteiger partial charge on any atom is 0.0801 e. The Bertz CT molecular complexity index is 246. The number of rotatable bonds is 6. The van der Waals surface area contributed by atoms with E-state index in [0.717, 1.165) is 5.57 Å². The molecule has 0 fully saturated rings. The molecule has 1 nitrogen and oxygen atoms in total. The topological polar surface area (TPSA) is 20.2 Å². The van der Waals surface area contributed by atoms with Gasteiger partial charge in [-0.2, -0.15) is 0 Å². The van der Waals surface area contributed by atoms with E-state index >= 15 is 0 Å². The molecular formula is C10H15Br2Cl3O. The zero-order valence-electron chi connectivity index (χ0n) is 9.06. The van der Waals surface area contributed by atoms with E-state index in [4.69, 9.17) is 34.8 Å². The summed E-state index contributed by atoms with van der Waals surface area (Å²) >= 11 is 24.6. The van der Waals surface area contributed by atoms with Crippen molar-refractivity contribution < 1.29 is 5.11 Å². The molecule has 6 heteroatoms. The minimum atomic E-state index is -0.586. The van der Waals surface area contributed by atoms with Crippen molar-refractivity contribution in [3.05, 3.63) is 11.1 Å². The first kappa shape index (κ1) is 17.5. The van der Waals surface area contributed by atoms with Crippen molar-refractivity contribution in [1.29, 1.82) is 0 Å². The lowest BCUT2D eigenvalue weighted by Crippen LogP contribution is -2.43. The molecular weight excluding hydrogens is 402 g/mol. The van der Waals surface area contributed by atoms with Crippen LogP contribution in [0, 0.1) is 0 Å². The summed E-state index contributed by atoms with van der Waals surface area (Å²) < 4.78 is -0.586. The van der Waals surface area contributed by atoms with Gasteiger partial charge in [0.05, 0.1) is 21.2 Å². The Labute approximate surface area is 129 Å². The number of halogens is 5. The Balaban J connectivity index is 4.51. The van der Waals surface area contributed by atoms with E-state index in [0.29, 0.717) is 11.8 Å². The predicted molar refractivity (Wildman–Crippen MR) is 80.6 cm³/mol. The van der Waals surface area contributed by atoms with Gasteiger partial charge in [0.15, 0.2) is 0 Å². The number of hydrogen-bond donors (Lipinski definition) is 1. The molecule has 0 aromatic carbocycles. The first-order valence-electron chi connectivity index (χ1n) is 4.75. The average Bonchev–Trinajstić information content (AvgIpc) is 2.26.